The molecular weight excluding hydrogens is 349 g/mol. The van der Waals surface area contributed by atoms with Crippen LogP contribution in [0.1, 0.15) is 39.0 Å². The van der Waals surface area contributed by atoms with Gasteiger partial charge in [-0.3, -0.25) is 13.6 Å². The van der Waals surface area contributed by atoms with Crippen molar-refractivity contribution in [2.45, 2.75) is 57.2 Å². The third-order valence-corrected chi connectivity index (χ3v) is 4.77. The largest absolute Gasteiger partial charge is 0.472 e. The molecule has 0 bridgehead atoms. The number of hydrogen-bond donors (Lipinski definition) is 3. The Bertz CT molecular complexity index is 443. The lowest BCUT2D eigenvalue weighted by Gasteiger charge is -2.20. The standard InChI is InChI=1S/C11H23BO9P2/c1-2-9-10(8-11(12)20-9)21-23(16,17)19-7-5-3-4-6-18-22(13,14)15/h9-11H,2-8H2,1H3,(H,16,17)(H2,13,14,15). The number of phosphoric ester groups is 2. The van der Waals surface area contributed by atoms with Gasteiger partial charge in [-0.2, -0.15) is 0 Å². The van der Waals surface area contributed by atoms with Gasteiger partial charge in [-0.05, 0) is 32.1 Å². The highest BCUT2D eigenvalue weighted by atomic mass is 31.2. The molecular formula is C11H23BO9P2. The normalized spacial score (nSPS) is 27.9. The van der Waals surface area contributed by atoms with E-state index in [2.05, 4.69) is 4.52 Å². The van der Waals surface area contributed by atoms with Gasteiger partial charge in [0.1, 0.15) is 7.85 Å². The molecule has 0 saturated carbocycles. The minimum Gasteiger partial charge on any atom is -0.382 e. The molecule has 1 aliphatic rings. The fourth-order valence-electron chi connectivity index (χ4n) is 2.16. The SMILES string of the molecule is [B]C1CC(OP(=O)(O)OCCCCCOP(=O)(O)O)C(CC)O1. The summed E-state index contributed by atoms with van der Waals surface area (Å²) in [6, 6.07) is -0.515. The van der Waals surface area contributed by atoms with E-state index in [1.54, 1.807) is 0 Å². The van der Waals surface area contributed by atoms with Gasteiger partial charge in [-0.1, -0.05) is 6.92 Å². The fourth-order valence-corrected chi connectivity index (χ4v) is 3.52. The summed E-state index contributed by atoms with van der Waals surface area (Å²) in [4.78, 5) is 26.6. The molecule has 4 unspecified atom stereocenters. The predicted octanol–water partition coefficient (Wildman–Crippen LogP) is 1.46. The van der Waals surface area contributed by atoms with Crippen LogP contribution >= 0.6 is 15.6 Å². The molecule has 9 nitrogen and oxygen atoms in total. The average molecular weight is 372 g/mol. The Kier molecular flexibility index (Phi) is 8.94. The van der Waals surface area contributed by atoms with Crippen LogP contribution in [0.5, 0.6) is 0 Å². The van der Waals surface area contributed by atoms with Crippen LogP contribution in [-0.4, -0.2) is 54.0 Å². The van der Waals surface area contributed by atoms with Gasteiger partial charge in [0.2, 0.25) is 0 Å². The Morgan fingerprint density at radius 3 is 2.30 bits per heavy atom. The summed E-state index contributed by atoms with van der Waals surface area (Å²) < 4.78 is 41.9. The van der Waals surface area contributed by atoms with Crippen LogP contribution < -0.4 is 0 Å². The van der Waals surface area contributed by atoms with Crippen molar-refractivity contribution in [2.75, 3.05) is 13.2 Å². The second-order valence-corrected chi connectivity index (χ2v) is 7.83. The second-order valence-electron chi connectivity index (χ2n) is 5.19. The van der Waals surface area contributed by atoms with Gasteiger partial charge in [0.25, 0.3) is 0 Å². The van der Waals surface area contributed by atoms with E-state index in [1.165, 1.54) is 0 Å². The van der Waals surface area contributed by atoms with Gasteiger partial charge in [0.15, 0.2) is 0 Å². The molecule has 1 saturated heterocycles. The highest BCUT2D eigenvalue weighted by Crippen LogP contribution is 2.47. The quantitative estimate of drug-likeness (QED) is 0.280. The molecule has 2 radical (unpaired) electrons. The Hall–Kier alpha value is 0.245. The van der Waals surface area contributed by atoms with Crippen LogP contribution in [0.3, 0.4) is 0 Å². The maximum absolute atomic E-state index is 11.8. The minimum absolute atomic E-state index is 0.0138. The first-order chi connectivity index (χ1) is 10.6. The van der Waals surface area contributed by atoms with Crippen molar-refractivity contribution in [3.63, 3.8) is 0 Å². The van der Waals surface area contributed by atoms with Crippen LogP contribution in [0.4, 0.5) is 0 Å². The summed E-state index contributed by atoms with van der Waals surface area (Å²) in [7, 11) is -3.00. The van der Waals surface area contributed by atoms with E-state index in [9.17, 15) is 14.0 Å². The zero-order valence-corrected chi connectivity index (χ0v) is 14.7. The molecule has 1 rings (SSSR count). The Balaban J connectivity index is 2.18. The lowest BCUT2D eigenvalue weighted by Crippen LogP contribution is -2.23. The summed E-state index contributed by atoms with van der Waals surface area (Å²) >= 11 is 0. The first kappa shape index (κ1) is 21.3. The molecule has 4 atom stereocenters. The van der Waals surface area contributed by atoms with Crippen molar-refractivity contribution in [1.29, 1.82) is 0 Å². The molecule has 0 aromatic rings. The van der Waals surface area contributed by atoms with Gasteiger partial charge in [-0.15, -0.1) is 0 Å². The monoisotopic (exact) mass is 372 g/mol. The number of hydrogen-bond acceptors (Lipinski definition) is 6. The summed E-state index contributed by atoms with van der Waals surface area (Å²) in [5.74, 6) is 0. The molecule has 0 aromatic heterocycles. The lowest BCUT2D eigenvalue weighted by molar-refractivity contribution is 0.0223. The van der Waals surface area contributed by atoms with Gasteiger partial charge in [0, 0.05) is 6.00 Å². The van der Waals surface area contributed by atoms with E-state index in [0.717, 1.165) is 0 Å². The van der Waals surface area contributed by atoms with E-state index in [1.807, 2.05) is 6.92 Å². The maximum Gasteiger partial charge on any atom is 0.472 e. The third kappa shape index (κ3) is 9.34. The molecule has 23 heavy (non-hydrogen) atoms. The van der Waals surface area contributed by atoms with Gasteiger partial charge >= 0.3 is 15.6 Å². The molecule has 12 heteroatoms. The minimum atomic E-state index is -4.44. The van der Waals surface area contributed by atoms with E-state index >= 15 is 0 Å². The van der Waals surface area contributed by atoms with Crippen molar-refractivity contribution < 1.29 is 42.1 Å². The third-order valence-electron chi connectivity index (χ3n) is 3.20. The number of rotatable bonds is 11. The van der Waals surface area contributed by atoms with E-state index in [4.69, 9.17) is 31.4 Å². The maximum atomic E-state index is 11.8. The predicted molar refractivity (Wildman–Crippen MR) is 81.8 cm³/mol. The lowest BCUT2D eigenvalue weighted by atomic mass is 9.96. The van der Waals surface area contributed by atoms with Crippen molar-refractivity contribution in [3.05, 3.63) is 0 Å². The molecule has 1 heterocycles. The van der Waals surface area contributed by atoms with E-state index in [0.29, 0.717) is 32.1 Å². The fraction of sp³-hybridized carbons (Fsp3) is 1.00. The summed E-state index contributed by atoms with van der Waals surface area (Å²) in [5, 5.41) is 0. The number of unbranched alkanes of at least 4 members (excludes halogenated alkanes) is 2. The zero-order chi connectivity index (χ0) is 17.5. The first-order valence-electron chi connectivity index (χ1n) is 7.40. The van der Waals surface area contributed by atoms with Crippen molar-refractivity contribution in [3.8, 4) is 0 Å². The molecule has 0 aliphatic carbocycles. The Morgan fingerprint density at radius 1 is 1.13 bits per heavy atom. The summed E-state index contributed by atoms with van der Waals surface area (Å²) in [6.07, 6.45) is 1.37. The highest BCUT2D eigenvalue weighted by molar-refractivity contribution is 7.47. The molecule has 134 valence electrons. The van der Waals surface area contributed by atoms with Crippen LogP contribution in [0.25, 0.3) is 0 Å². The van der Waals surface area contributed by atoms with Crippen molar-refractivity contribution in [1.82, 2.24) is 0 Å². The Morgan fingerprint density at radius 2 is 1.74 bits per heavy atom. The number of phosphoric acid groups is 2. The molecule has 3 N–H and O–H groups in total. The smallest absolute Gasteiger partial charge is 0.382 e. The zero-order valence-electron chi connectivity index (χ0n) is 12.9. The molecule has 1 aliphatic heterocycles. The first-order valence-corrected chi connectivity index (χ1v) is 10.4. The van der Waals surface area contributed by atoms with Gasteiger partial charge in [0.05, 0.1) is 25.4 Å². The van der Waals surface area contributed by atoms with E-state index in [-0.39, 0.29) is 19.3 Å². The second kappa shape index (κ2) is 9.66. The van der Waals surface area contributed by atoms with Crippen LogP contribution in [-0.2, 0) is 27.4 Å². The molecule has 0 spiro atoms. The van der Waals surface area contributed by atoms with Gasteiger partial charge in [-0.25, -0.2) is 9.13 Å². The number of ether oxygens (including phenoxy) is 1. The summed E-state index contributed by atoms with van der Waals surface area (Å²) in [6.45, 7) is 1.76. The molecule has 0 amide bonds. The van der Waals surface area contributed by atoms with Crippen molar-refractivity contribution >= 4 is 23.5 Å². The van der Waals surface area contributed by atoms with Crippen LogP contribution in [0.2, 0.25) is 0 Å². The topological polar surface area (TPSA) is 132 Å². The molecule has 0 aromatic carbocycles. The summed E-state index contributed by atoms with van der Waals surface area (Å²) in [5.41, 5.74) is 0. The highest BCUT2D eigenvalue weighted by Gasteiger charge is 2.37. The molecule has 1 fully saturated rings. The van der Waals surface area contributed by atoms with E-state index < -0.39 is 27.8 Å². The van der Waals surface area contributed by atoms with Crippen LogP contribution in [0.15, 0.2) is 0 Å². The van der Waals surface area contributed by atoms with Gasteiger partial charge < -0.3 is 19.4 Å². The Labute approximate surface area is 136 Å². The van der Waals surface area contributed by atoms with Crippen LogP contribution in [0, 0.1) is 0 Å². The average Bonchev–Trinajstić information content (AvgIpc) is 2.75. The van der Waals surface area contributed by atoms with Crippen molar-refractivity contribution in [2.24, 2.45) is 0 Å².